The summed E-state index contributed by atoms with van der Waals surface area (Å²) in [4.78, 5) is 0. The Kier molecular flexibility index (Phi) is 8.63. The molecule has 0 aliphatic heterocycles. The molecule has 0 spiro atoms. The molecule has 1 heterocycles. The van der Waals surface area contributed by atoms with Crippen molar-refractivity contribution < 1.29 is 13.4 Å². The fourth-order valence-electron chi connectivity index (χ4n) is 4.25. The van der Waals surface area contributed by atoms with Crippen LogP contribution in [0.2, 0.25) is 23.2 Å². The van der Waals surface area contributed by atoms with Crippen molar-refractivity contribution in [2.45, 2.75) is 84.2 Å². The van der Waals surface area contributed by atoms with Gasteiger partial charge in [0, 0.05) is 19.1 Å². The van der Waals surface area contributed by atoms with Gasteiger partial charge in [-0.05, 0) is 40.0 Å². The first-order valence-corrected chi connectivity index (χ1v) is 17.5. The van der Waals surface area contributed by atoms with Gasteiger partial charge in [0.15, 0.2) is 8.32 Å². The summed E-state index contributed by atoms with van der Waals surface area (Å²) in [7, 11) is -4.31. The Hall–Kier alpha value is -2.00. The van der Waals surface area contributed by atoms with Gasteiger partial charge in [-0.25, -0.2) is 0 Å². The molecule has 0 N–H and O–H groups in total. The van der Waals surface area contributed by atoms with Gasteiger partial charge in [-0.2, -0.15) is 0 Å². The first-order chi connectivity index (χ1) is 16.4. The van der Waals surface area contributed by atoms with Crippen LogP contribution in [0.15, 0.2) is 71.3 Å². The first-order valence-electron chi connectivity index (χ1n) is 12.7. The molecule has 0 aliphatic rings. The maximum absolute atomic E-state index is 6.98. The minimum atomic E-state index is -2.50. The first kappa shape index (κ1) is 27.6. The fraction of sp³-hybridized carbons (Fsp3) is 0.483. The van der Waals surface area contributed by atoms with Crippen LogP contribution in [0, 0.1) is 0 Å². The summed E-state index contributed by atoms with van der Waals surface area (Å²) < 4.78 is 18.9. The molecule has 0 radical (unpaired) electrons. The van der Waals surface area contributed by atoms with E-state index in [2.05, 4.69) is 120 Å². The Bertz CT molecular complexity index is 1010. The van der Waals surface area contributed by atoms with Gasteiger partial charge in [0.1, 0.15) is 11.5 Å². The second kappa shape index (κ2) is 11.0. The Morgan fingerprint density at radius 3 is 1.80 bits per heavy atom. The van der Waals surface area contributed by atoms with Gasteiger partial charge in [-0.1, -0.05) is 107 Å². The summed E-state index contributed by atoms with van der Waals surface area (Å²) in [5.74, 6) is 0.893. The molecule has 0 atom stereocenters. The van der Waals surface area contributed by atoms with Gasteiger partial charge in [0.05, 0.1) is 6.61 Å². The van der Waals surface area contributed by atoms with Crippen molar-refractivity contribution >= 4 is 27.0 Å². The van der Waals surface area contributed by atoms with E-state index in [4.69, 9.17) is 13.4 Å². The average molecular weight is 510 g/mol. The summed E-state index contributed by atoms with van der Waals surface area (Å²) in [5, 5.41) is 7.03. The molecule has 0 fully saturated rings. The highest BCUT2D eigenvalue weighted by atomic mass is 28.4. The van der Waals surface area contributed by atoms with Gasteiger partial charge in [-0.15, -0.1) is 0 Å². The highest BCUT2D eigenvalue weighted by molar-refractivity contribution is 6.99. The number of nitrogens with zero attached hydrogens (tertiary/aromatic N) is 1. The molecule has 35 heavy (non-hydrogen) atoms. The third kappa shape index (κ3) is 6.42. The second-order valence-corrected chi connectivity index (χ2v) is 21.1. The van der Waals surface area contributed by atoms with Gasteiger partial charge >= 0.3 is 0 Å². The molecule has 0 amide bonds. The topological polar surface area (TPSA) is 44.5 Å². The highest BCUT2D eigenvalue weighted by Gasteiger charge is 2.50. The smallest absolute Gasteiger partial charge is 0.261 e. The molecule has 0 saturated carbocycles. The summed E-state index contributed by atoms with van der Waals surface area (Å²) in [6.45, 7) is 19.4. The lowest BCUT2D eigenvalue weighted by molar-refractivity contribution is 0.260. The normalized spacial score (nSPS) is 13.3. The summed E-state index contributed by atoms with van der Waals surface area (Å²) in [6, 6.07) is 23.6. The monoisotopic (exact) mass is 509 g/mol. The van der Waals surface area contributed by atoms with Crippen molar-refractivity contribution in [1.29, 1.82) is 0 Å². The third-order valence-corrected chi connectivity index (χ3v) is 16.8. The molecule has 6 heteroatoms. The van der Waals surface area contributed by atoms with Crippen molar-refractivity contribution in [3.8, 4) is 0 Å². The number of rotatable bonds is 10. The Morgan fingerprint density at radius 1 is 0.771 bits per heavy atom. The Morgan fingerprint density at radius 2 is 1.31 bits per heavy atom. The highest BCUT2D eigenvalue weighted by Crippen LogP contribution is 2.38. The zero-order chi connectivity index (χ0) is 25.7. The van der Waals surface area contributed by atoms with Gasteiger partial charge in [-0.3, -0.25) is 0 Å². The van der Waals surface area contributed by atoms with Crippen LogP contribution in [-0.4, -0.2) is 28.4 Å². The lowest BCUT2D eigenvalue weighted by Crippen LogP contribution is -2.66. The van der Waals surface area contributed by atoms with Crippen LogP contribution >= 0.6 is 0 Å². The van der Waals surface area contributed by atoms with Crippen LogP contribution in [0.25, 0.3) is 0 Å². The van der Waals surface area contributed by atoms with Gasteiger partial charge < -0.3 is 13.4 Å². The minimum Gasteiger partial charge on any atom is -0.411 e. The molecule has 0 bridgehead atoms. The fourth-order valence-corrected chi connectivity index (χ4v) is 9.79. The van der Waals surface area contributed by atoms with Crippen molar-refractivity contribution in [2.24, 2.45) is 0 Å². The number of aromatic nitrogens is 1. The van der Waals surface area contributed by atoms with Crippen molar-refractivity contribution in [1.82, 2.24) is 5.16 Å². The molecular weight excluding hydrogens is 466 g/mol. The SMILES string of the molecule is CC(C)(C)[Si](C)(C)OCc1cc(CCCO[Si](c2ccccc2)(c2ccccc2)C(C)(C)C)on1. The van der Waals surface area contributed by atoms with E-state index >= 15 is 0 Å². The number of aryl methyl sites for hydroxylation is 1. The minimum absolute atomic E-state index is 0.0177. The molecular formula is C29H43NO3Si2. The van der Waals surface area contributed by atoms with Crippen LogP contribution < -0.4 is 10.4 Å². The molecule has 0 saturated heterocycles. The standard InChI is InChI=1S/C29H43NO3Si2/c1-28(2,3)34(7,8)32-23-24-22-25(33-30-24)16-15-21-31-35(29(4,5)6,26-17-11-9-12-18-26)27-19-13-10-14-20-27/h9-14,17-20,22H,15-16,21,23H2,1-8H3. The molecule has 2 aromatic carbocycles. The van der Waals surface area contributed by atoms with Crippen LogP contribution in [0.1, 0.15) is 59.4 Å². The largest absolute Gasteiger partial charge is 0.411 e. The summed E-state index contributed by atoms with van der Waals surface area (Å²) in [6.07, 6.45) is 1.67. The van der Waals surface area contributed by atoms with Crippen LogP contribution in [0.3, 0.4) is 0 Å². The van der Waals surface area contributed by atoms with Crippen LogP contribution in [0.4, 0.5) is 0 Å². The van der Waals surface area contributed by atoms with E-state index in [1.54, 1.807) is 0 Å². The summed E-state index contributed by atoms with van der Waals surface area (Å²) >= 11 is 0. The maximum atomic E-state index is 6.98. The molecule has 0 unspecified atom stereocenters. The van der Waals surface area contributed by atoms with Gasteiger partial charge in [0.25, 0.3) is 8.32 Å². The van der Waals surface area contributed by atoms with Crippen LogP contribution in [0.5, 0.6) is 0 Å². The van der Waals surface area contributed by atoms with E-state index in [9.17, 15) is 0 Å². The number of benzene rings is 2. The Labute approximate surface area is 214 Å². The van der Waals surface area contributed by atoms with E-state index in [-0.39, 0.29) is 10.1 Å². The molecule has 1 aromatic heterocycles. The van der Waals surface area contributed by atoms with E-state index < -0.39 is 16.6 Å². The van der Waals surface area contributed by atoms with Gasteiger partial charge in [0.2, 0.25) is 0 Å². The molecule has 3 rings (SSSR count). The van der Waals surface area contributed by atoms with E-state index in [1.165, 1.54) is 10.4 Å². The lowest BCUT2D eigenvalue weighted by Gasteiger charge is -2.43. The average Bonchev–Trinajstić information content (AvgIpc) is 3.25. The predicted molar refractivity (Wildman–Crippen MR) is 150 cm³/mol. The predicted octanol–water partition coefficient (Wildman–Crippen LogP) is 6.71. The number of hydrogen-bond acceptors (Lipinski definition) is 4. The second-order valence-electron chi connectivity index (χ2n) is 11.9. The molecule has 4 nitrogen and oxygen atoms in total. The number of hydrogen-bond donors (Lipinski definition) is 0. The van der Waals surface area contributed by atoms with Crippen molar-refractivity contribution in [2.75, 3.05) is 6.61 Å². The van der Waals surface area contributed by atoms with E-state index in [0.717, 1.165) is 24.3 Å². The van der Waals surface area contributed by atoms with Crippen molar-refractivity contribution in [3.05, 3.63) is 78.2 Å². The van der Waals surface area contributed by atoms with Crippen molar-refractivity contribution in [3.63, 3.8) is 0 Å². The zero-order valence-corrected chi connectivity index (χ0v) is 24.9. The quantitative estimate of drug-likeness (QED) is 0.225. The van der Waals surface area contributed by atoms with E-state index in [0.29, 0.717) is 13.2 Å². The molecule has 0 aliphatic carbocycles. The summed E-state index contributed by atoms with van der Waals surface area (Å²) in [5.41, 5.74) is 0.873. The Balaban J connectivity index is 1.69. The maximum Gasteiger partial charge on any atom is 0.261 e. The molecule has 190 valence electrons. The molecule has 3 aromatic rings. The van der Waals surface area contributed by atoms with Crippen LogP contribution in [-0.2, 0) is 21.9 Å². The third-order valence-electron chi connectivity index (χ3n) is 7.30. The zero-order valence-electron chi connectivity index (χ0n) is 22.9. The lowest BCUT2D eigenvalue weighted by atomic mass is 10.2. The van der Waals surface area contributed by atoms with E-state index in [1.807, 2.05) is 6.07 Å².